The van der Waals surface area contributed by atoms with E-state index in [0.717, 1.165) is 0 Å². The van der Waals surface area contributed by atoms with Crippen LogP contribution in [0, 0.1) is 0 Å². The molecule has 0 aliphatic rings. The zero-order valence-electron chi connectivity index (χ0n) is 3.88. The van der Waals surface area contributed by atoms with Crippen LogP contribution in [0.5, 0.6) is 0 Å². The largest absolute Gasteiger partial charge is 0.522 e. The standard InChI is InChI=1S/CHF3O3S.Ga/c2-1(3,4)8(5,6)7;/h(H,5,6,7);. The molecule has 0 aliphatic heterocycles. The van der Waals surface area contributed by atoms with Crippen LogP contribution < -0.4 is 0 Å². The molecule has 0 amide bonds. The Bertz CT molecular complexity index is 168. The first-order valence-electron chi connectivity index (χ1n) is 1.29. The zero-order valence-corrected chi connectivity index (χ0v) is 7.12. The fourth-order valence-corrected chi connectivity index (χ4v) is 0. The Morgan fingerprint density at radius 3 is 1.33 bits per heavy atom. The van der Waals surface area contributed by atoms with Crippen molar-refractivity contribution >= 4 is 29.9 Å². The Hall–Kier alpha value is 0.336. The summed E-state index contributed by atoms with van der Waals surface area (Å²) in [6, 6.07) is 0. The van der Waals surface area contributed by atoms with Gasteiger partial charge in [0.1, 0.15) is 0 Å². The van der Waals surface area contributed by atoms with Crippen LogP contribution in [0.15, 0.2) is 0 Å². The molecular formula is CHF3GaO3S. The first-order valence-corrected chi connectivity index (χ1v) is 2.73. The van der Waals surface area contributed by atoms with Gasteiger partial charge in [-0.25, -0.2) is 0 Å². The molecule has 0 aromatic carbocycles. The van der Waals surface area contributed by atoms with E-state index < -0.39 is 15.6 Å². The molecule has 0 fully saturated rings. The summed E-state index contributed by atoms with van der Waals surface area (Å²) in [6.07, 6.45) is 0. The molecule has 53 valence electrons. The number of alkyl halides is 3. The molecule has 8 heteroatoms. The third-order valence-corrected chi connectivity index (χ3v) is 0.877. The van der Waals surface area contributed by atoms with Crippen molar-refractivity contribution in [3.05, 3.63) is 0 Å². The molecule has 0 saturated carbocycles. The van der Waals surface area contributed by atoms with Crippen molar-refractivity contribution in [2.24, 2.45) is 0 Å². The predicted octanol–water partition coefficient (Wildman–Crippen LogP) is 0.0132. The van der Waals surface area contributed by atoms with Crippen LogP contribution in [0.1, 0.15) is 0 Å². The molecule has 0 rings (SSSR count). The van der Waals surface area contributed by atoms with Gasteiger partial charge in [-0.2, -0.15) is 21.6 Å². The van der Waals surface area contributed by atoms with Crippen LogP contribution in [0.2, 0.25) is 0 Å². The van der Waals surface area contributed by atoms with Gasteiger partial charge in [0.15, 0.2) is 0 Å². The Morgan fingerprint density at radius 2 is 1.33 bits per heavy atom. The molecule has 0 aliphatic carbocycles. The van der Waals surface area contributed by atoms with E-state index in [2.05, 4.69) is 0 Å². The molecule has 3 radical (unpaired) electrons. The summed E-state index contributed by atoms with van der Waals surface area (Å²) in [5, 5.41) is 0. The van der Waals surface area contributed by atoms with Crippen molar-refractivity contribution in [2.45, 2.75) is 5.51 Å². The molecular weight excluding hydrogens is 219 g/mol. The Morgan fingerprint density at radius 1 is 1.22 bits per heavy atom. The molecule has 0 saturated heterocycles. The van der Waals surface area contributed by atoms with Crippen molar-refractivity contribution in [3.8, 4) is 0 Å². The van der Waals surface area contributed by atoms with Crippen molar-refractivity contribution < 1.29 is 26.1 Å². The van der Waals surface area contributed by atoms with E-state index in [1.54, 1.807) is 0 Å². The van der Waals surface area contributed by atoms with Crippen LogP contribution in [0.4, 0.5) is 13.2 Å². The fraction of sp³-hybridized carbons (Fsp3) is 1.00. The third-order valence-electron chi connectivity index (χ3n) is 0.292. The summed E-state index contributed by atoms with van der Waals surface area (Å²) in [5.41, 5.74) is -5.53. The molecule has 0 spiro atoms. The number of halogens is 3. The van der Waals surface area contributed by atoms with E-state index in [0.29, 0.717) is 0 Å². The molecule has 0 unspecified atom stereocenters. The number of hydrogen-bond acceptors (Lipinski definition) is 2. The number of hydrogen-bond donors (Lipinski definition) is 1. The molecule has 0 bridgehead atoms. The molecule has 0 aromatic rings. The average molecular weight is 220 g/mol. The van der Waals surface area contributed by atoms with Gasteiger partial charge in [0.05, 0.1) is 0 Å². The van der Waals surface area contributed by atoms with Crippen molar-refractivity contribution in [2.75, 3.05) is 0 Å². The summed E-state index contributed by atoms with van der Waals surface area (Å²) in [4.78, 5) is 0. The van der Waals surface area contributed by atoms with E-state index in [-0.39, 0.29) is 19.8 Å². The third kappa shape index (κ3) is 3.84. The summed E-state index contributed by atoms with van der Waals surface area (Å²) < 4.78 is 57.5. The van der Waals surface area contributed by atoms with Gasteiger partial charge in [0, 0.05) is 19.8 Å². The van der Waals surface area contributed by atoms with E-state index in [1.807, 2.05) is 0 Å². The second-order valence-corrected chi connectivity index (χ2v) is 2.33. The summed E-state index contributed by atoms with van der Waals surface area (Å²) in [6.45, 7) is 0. The van der Waals surface area contributed by atoms with Gasteiger partial charge in [-0.15, -0.1) is 0 Å². The topological polar surface area (TPSA) is 54.4 Å². The van der Waals surface area contributed by atoms with Crippen LogP contribution in [-0.4, -0.2) is 38.3 Å². The van der Waals surface area contributed by atoms with Gasteiger partial charge in [-0.1, -0.05) is 0 Å². The Balaban J connectivity index is 0. The van der Waals surface area contributed by atoms with Gasteiger partial charge in [-0.3, -0.25) is 4.55 Å². The van der Waals surface area contributed by atoms with E-state index in [1.165, 1.54) is 0 Å². The van der Waals surface area contributed by atoms with Gasteiger partial charge in [-0.05, 0) is 0 Å². The quantitative estimate of drug-likeness (QED) is 0.355. The maximum atomic E-state index is 10.7. The zero-order chi connectivity index (χ0) is 7.00. The normalized spacial score (nSPS) is 12.4. The average Bonchev–Trinajstić information content (AvgIpc) is 1.25. The molecule has 3 nitrogen and oxygen atoms in total. The SMILES string of the molecule is O=S(=O)(O)C(F)(F)F.[Ga]. The number of rotatable bonds is 0. The maximum Gasteiger partial charge on any atom is 0.522 e. The minimum atomic E-state index is -5.84. The smallest absolute Gasteiger partial charge is 0.279 e. The molecule has 9 heavy (non-hydrogen) atoms. The van der Waals surface area contributed by atoms with Crippen molar-refractivity contribution in [1.82, 2.24) is 0 Å². The van der Waals surface area contributed by atoms with E-state index in [4.69, 9.17) is 13.0 Å². The van der Waals surface area contributed by atoms with Crippen LogP contribution >= 0.6 is 0 Å². The fourth-order valence-electron chi connectivity index (χ4n) is 0. The summed E-state index contributed by atoms with van der Waals surface area (Å²) in [7, 11) is -5.84. The van der Waals surface area contributed by atoms with Crippen molar-refractivity contribution in [1.29, 1.82) is 0 Å². The second-order valence-electron chi connectivity index (χ2n) is 0.921. The van der Waals surface area contributed by atoms with Crippen molar-refractivity contribution in [3.63, 3.8) is 0 Å². The summed E-state index contributed by atoms with van der Waals surface area (Å²) >= 11 is 0. The van der Waals surface area contributed by atoms with E-state index >= 15 is 0 Å². The van der Waals surface area contributed by atoms with Gasteiger partial charge in [0.25, 0.3) is 0 Å². The molecule has 0 heterocycles. The molecule has 0 atom stereocenters. The van der Waals surface area contributed by atoms with Crippen LogP contribution in [-0.2, 0) is 10.1 Å². The predicted molar refractivity (Wildman–Crippen MR) is 23.4 cm³/mol. The second kappa shape index (κ2) is 2.95. The summed E-state index contributed by atoms with van der Waals surface area (Å²) in [5.74, 6) is 0. The van der Waals surface area contributed by atoms with Gasteiger partial charge < -0.3 is 0 Å². The first kappa shape index (κ1) is 12.1. The minimum absolute atomic E-state index is 0. The van der Waals surface area contributed by atoms with E-state index in [9.17, 15) is 13.2 Å². The maximum absolute atomic E-state index is 10.7. The van der Waals surface area contributed by atoms with Crippen LogP contribution in [0.25, 0.3) is 0 Å². The van der Waals surface area contributed by atoms with Gasteiger partial charge in [0.2, 0.25) is 0 Å². The Labute approximate surface area is 62.0 Å². The Kier molecular flexibility index (Phi) is 3.95. The molecule has 0 aromatic heterocycles. The first-order chi connectivity index (χ1) is 3.25. The molecule has 1 N–H and O–H groups in total. The monoisotopic (exact) mass is 219 g/mol. The minimum Gasteiger partial charge on any atom is -0.279 e. The van der Waals surface area contributed by atoms with Crippen LogP contribution in [0.3, 0.4) is 0 Å². The van der Waals surface area contributed by atoms with Gasteiger partial charge >= 0.3 is 15.6 Å².